The molecule has 0 atom stereocenters. The lowest BCUT2D eigenvalue weighted by Crippen LogP contribution is -2.39. The SMILES string of the molecule is CC(=O)Nc1ccc(NC(=O)c2cc(NCCN3CCOCC3)ncn2)cc1. The zero-order chi connectivity index (χ0) is 19.8. The predicted octanol–water partition coefficient (Wildman–Crippen LogP) is 1.43. The average Bonchev–Trinajstić information content (AvgIpc) is 2.70. The Balaban J connectivity index is 1.52. The van der Waals surface area contributed by atoms with Crippen LogP contribution in [0.15, 0.2) is 36.7 Å². The van der Waals surface area contributed by atoms with Crippen molar-refractivity contribution in [2.75, 3.05) is 55.3 Å². The fourth-order valence-corrected chi connectivity index (χ4v) is 2.78. The molecule has 0 unspecified atom stereocenters. The number of carbonyl (C=O) groups excluding carboxylic acids is 2. The van der Waals surface area contributed by atoms with Crippen molar-refractivity contribution in [1.82, 2.24) is 14.9 Å². The molecule has 1 fully saturated rings. The van der Waals surface area contributed by atoms with Crippen molar-refractivity contribution in [3.05, 3.63) is 42.4 Å². The first kappa shape index (κ1) is 19.7. The monoisotopic (exact) mass is 384 g/mol. The van der Waals surface area contributed by atoms with E-state index in [0.717, 1.165) is 39.4 Å². The molecule has 3 N–H and O–H groups in total. The van der Waals surface area contributed by atoms with Crippen molar-refractivity contribution < 1.29 is 14.3 Å². The van der Waals surface area contributed by atoms with Gasteiger partial charge in [-0.3, -0.25) is 14.5 Å². The molecule has 3 rings (SSSR count). The maximum atomic E-state index is 12.4. The van der Waals surface area contributed by atoms with Gasteiger partial charge in [-0.15, -0.1) is 0 Å². The van der Waals surface area contributed by atoms with Gasteiger partial charge in [-0.25, -0.2) is 9.97 Å². The van der Waals surface area contributed by atoms with Crippen LogP contribution in [0.5, 0.6) is 0 Å². The van der Waals surface area contributed by atoms with Crippen LogP contribution in [0.1, 0.15) is 17.4 Å². The number of rotatable bonds is 7. The van der Waals surface area contributed by atoms with Crippen LogP contribution in [0, 0.1) is 0 Å². The maximum absolute atomic E-state index is 12.4. The summed E-state index contributed by atoms with van der Waals surface area (Å²) in [6.45, 7) is 6.45. The summed E-state index contributed by atoms with van der Waals surface area (Å²) in [5.74, 6) is 0.131. The summed E-state index contributed by atoms with van der Waals surface area (Å²) in [4.78, 5) is 34.0. The number of aromatic nitrogens is 2. The molecule has 0 saturated carbocycles. The smallest absolute Gasteiger partial charge is 0.274 e. The number of nitrogens with one attached hydrogen (secondary N) is 3. The van der Waals surface area contributed by atoms with Crippen molar-refractivity contribution in [2.45, 2.75) is 6.92 Å². The average molecular weight is 384 g/mol. The van der Waals surface area contributed by atoms with Gasteiger partial charge in [-0.05, 0) is 24.3 Å². The van der Waals surface area contributed by atoms with Gasteiger partial charge in [0.1, 0.15) is 17.8 Å². The standard InChI is InChI=1S/C19H24N6O3/c1-14(26)23-15-2-4-16(5-3-15)24-19(27)17-12-18(22-13-21-17)20-6-7-25-8-10-28-11-9-25/h2-5,12-13H,6-11H2,1H3,(H,23,26)(H,24,27)(H,20,21,22). The van der Waals surface area contributed by atoms with Gasteiger partial charge in [0, 0.05) is 50.5 Å². The Labute approximate surface area is 163 Å². The normalized spacial score (nSPS) is 14.3. The van der Waals surface area contributed by atoms with Crippen LogP contribution in [0.25, 0.3) is 0 Å². The molecule has 1 aliphatic rings. The molecule has 2 heterocycles. The summed E-state index contributed by atoms with van der Waals surface area (Å²) >= 11 is 0. The van der Waals surface area contributed by atoms with Crippen molar-refractivity contribution in [3.63, 3.8) is 0 Å². The van der Waals surface area contributed by atoms with Crippen LogP contribution in [-0.4, -0.2) is 66.1 Å². The van der Waals surface area contributed by atoms with Crippen molar-refractivity contribution >= 4 is 29.0 Å². The van der Waals surface area contributed by atoms with Crippen LogP contribution in [0.2, 0.25) is 0 Å². The number of ether oxygens (including phenoxy) is 1. The lowest BCUT2D eigenvalue weighted by molar-refractivity contribution is -0.114. The van der Waals surface area contributed by atoms with Crippen LogP contribution < -0.4 is 16.0 Å². The molecule has 9 nitrogen and oxygen atoms in total. The molecule has 9 heteroatoms. The lowest BCUT2D eigenvalue weighted by atomic mass is 10.2. The topological polar surface area (TPSA) is 108 Å². The summed E-state index contributed by atoms with van der Waals surface area (Å²) in [7, 11) is 0. The molecule has 1 aromatic heterocycles. The zero-order valence-electron chi connectivity index (χ0n) is 15.8. The summed E-state index contributed by atoms with van der Waals surface area (Å²) < 4.78 is 5.33. The highest BCUT2D eigenvalue weighted by molar-refractivity contribution is 6.03. The van der Waals surface area contributed by atoms with E-state index in [4.69, 9.17) is 4.74 Å². The van der Waals surface area contributed by atoms with Gasteiger partial charge in [-0.1, -0.05) is 0 Å². The molecule has 148 valence electrons. The van der Waals surface area contributed by atoms with Crippen molar-refractivity contribution in [1.29, 1.82) is 0 Å². The molecule has 1 saturated heterocycles. The molecule has 2 amide bonds. The molecule has 2 aromatic rings. The van der Waals surface area contributed by atoms with Crippen LogP contribution >= 0.6 is 0 Å². The predicted molar refractivity (Wildman–Crippen MR) is 106 cm³/mol. The van der Waals surface area contributed by atoms with E-state index in [2.05, 4.69) is 30.8 Å². The van der Waals surface area contributed by atoms with E-state index in [1.165, 1.54) is 13.3 Å². The van der Waals surface area contributed by atoms with Crippen molar-refractivity contribution in [3.8, 4) is 0 Å². The Kier molecular flexibility index (Phi) is 6.88. The molecule has 28 heavy (non-hydrogen) atoms. The molecule has 0 radical (unpaired) electrons. The number of carbonyl (C=O) groups is 2. The molecule has 1 aromatic carbocycles. The third-order valence-electron chi connectivity index (χ3n) is 4.20. The highest BCUT2D eigenvalue weighted by Gasteiger charge is 2.11. The molecule has 0 bridgehead atoms. The molecular weight excluding hydrogens is 360 g/mol. The Morgan fingerprint density at radius 3 is 2.43 bits per heavy atom. The van der Waals surface area contributed by atoms with Gasteiger partial charge < -0.3 is 20.7 Å². The Morgan fingerprint density at radius 1 is 1.07 bits per heavy atom. The third-order valence-corrected chi connectivity index (χ3v) is 4.20. The second-order valence-corrected chi connectivity index (χ2v) is 6.38. The number of amides is 2. The number of benzene rings is 1. The molecule has 1 aliphatic heterocycles. The number of morpholine rings is 1. The minimum Gasteiger partial charge on any atom is -0.379 e. The second kappa shape index (κ2) is 9.77. The van der Waals surface area contributed by atoms with Crippen LogP contribution in [0.3, 0.4) is 0 Å². The van der Waals surface area contributed by atoms with Gasteiger partial charge in [0.25, 0.3) is 5.91 Å². The molecule has 0 spiro atoms. The van der Waals surface area contributed by atoms with E-state index < -0.39 is 0 Å². The fourth-order valence-electron chi connectivity index (χ4n) is 2.78. The van der Waals surface area contributed by atoms with E-state index in [-0.39, 0.29) is 17.5 Å². The van der Waals surface area contributed by atoms with Gasteiger partial charge in [-0.2, -0.15) is 0 Å². The first-order valence-electron chi connectivity index (χ1n) is 9.15. The minimum absolute atomic E-state index is 0.147. The van der Waals surface area contributed by atoms with E-state index in [9.17, 15) is 9.59 Å². The van der Waals surface area contributed by atoms with Crippen LogP contribution in [-0.2, 0) is 9.53 Å². The summed E-state index contributed by atoms with van der Waals surface area (Å²) in [6, 6.07) is 8.49. The molecular formula is C19H24N6O3. The first-order valence-corrected chi connectivity index (χ1v) is 9.15. The maximum Gasteiger partial charge on any atom is 0.274 e. The number of nitrogens with zero attached hydrogens (tertiary/aromatic N) is 3. The largest absolute Gasteiger partial charge is 0.379 e. The summed E-state index contributed by atoms with van der Waals surface area (Å²) in [6.07, 6.45) is 1.37. The third kappa shape index (κ3) is 6.00. The first-order chi connectivity index (χ1) is 13.6. The quantitative estimate of drug-likeness (QED) is 0.663. The lowest BCUT2D eigenvalue weighted by Gasteiger charge is -2.26. The van der Waals surface area contributed by atoms with Gasteiger partial charge >= 0.3 is 0 Å². The van der Waals surface area contributed by atoms with Crippen LogP contribution in [0.4, 0.5) is 17.2 Å². The van der Waals surface area contributed by atoms with E-state index in [1.54, 1.807) is 30.3 Å². The van der Waals surface area contributed by atoms with E-state index >= 15 is 0 Å². The highest BCUT2D eigenvalue weighted by Crippen LogP contribution is 2.15. The van der Waals surface area contributed by atoms with Gasteiger partial charge in [0.2, 0.25) is 5.91 Å². The summed E-state index contributed by atoms with van der Waals surface area (Å²) in [5, 5.41) is 8.68. The number of anilines is 3. The van der Waals surface area contributed by atoms with Gasteiger partial charge in [0.15, 0.2) is 0 Å². The Morgan fingerprint density at radius 2 is 1.75 bits per heavy atom. The highest BCUT2D eigenvalue weighted by atomic mass is 16.5. The summed E-state index contributed by atoms with van der Waals surface area (Å²) in [5.41, 5.74) is 1.55. The Bertz CT molecular complexity index is 806. The number of hydrogen-bond donors (Lipinski definition) is 3. The zero-order valence-corrected chi connectivity index (χ0v) is 15.8. The second-order valence-electron chi connectivity index (χ2n) is 6.38. The van der Waals surface area contributed by atoms with Gasteiger partial charge in [0.05, 0.1) is 13.2 Å². The van der Waals surface area contributed by atoms with E-state index in [1.807, 2.05) is 0 Å². The van der Waals surface area contributed by atoms with Crippen molar-refractivity contribution in [2.24, 2.45) is 0 Å². The van der Waals surface area contributed by atoms with E-state index in [0.29, 0.717) is 17.2 Å². The number of hydrogen-bond acceptors (Lipinski definition) is 7. The fraction of sp³-hybridized carbons (Fsp3) is 0.368. The molecule has 0 aliphatic carbocycles. The minimum atomic E-state index is -0.328. The Hall–Kier alpha value is -3.04.